The summed E-state index contributed by atoms with van der Waals surface area (Å²) in [7, 11) is 0. The van der Waals surface area contributed by atoms with Crippen LogP contribution < -0.4 is 5.06 Å². The molecule has 0 saturated carbocycles. The van der Waals surface area contributed by atoms with Gasteiger partial charge in [0.15, 0.2) is 5.82 Å². The molecule has 13 heavy (non-hydrogen) atoms. The molecule has 0 unspecified atom stereocenters. The highest BCUT2D eigenvalue weighted by Gasteiger charge is 2.12. The molecule has 1 fully saturated rings. The maximum Gasteiger partial charge on any atom is 0.152 e. The van der Waals surface area contributed by atoms with Gasteiger partial charge in [0.25, 0.3) is 0 Å². The molecule has 1 aliphatic rings. The Labute approximate surface area is 85.8 Å². The van der Waals surface area contributed by atoms with E-state index in [2.05, 4.69) is 20.9 Å². The van der Waals surface area contributed by atoms with Crippen LogP contribution in [0.1, 0.15) is 12.8 Å². The van der Waals surface area contributed by atoms with E-state index in [0.29, 0.717) is 0 Å². The van der Waals surface area contributed by atoms with Crippen molar-refractivity contribution in [1.82, 2.24) is 4.98 Å². The maximum atomic E-state index is 5.46. The standard InChI is InChI=1S/C9H11BrN2O/c10-8-3-4-9(11-7-8)12-5-1-2-6-13-12/h3-4,7H,1-2,5-6H2. The average molecular weight is 243 g/mol. The highest BCUT2D eigenvalue weighted by atomic mass is 79.9. The Morgan fingerprint density at radius 3 is 2.92 bits per heavy atom. The van der Waals surface area contributed by atoms with Crippen LogP contribution in [0.15, 0.2) is 22.8 Å². The van der Waals surface area contributed by atoms with Gasteiger partial charge in [-0.15, -0.1) is 0 Å². The van der Waals surface area contributed by atoms with Crippen LogP contribution in [0.3, 0.4) is 0 Å². The van der Waals surface area contributed by atoms with E-state index in [4.69, 9.17) is 4.84 Å². The van der Waals surface area contributed by atoms with E-state index in [1.165, 1.54) is 6.42 Å². The SMILES string of the molecule is Brc1ccc(N2CCCCO2)nc1. The van der Waals surface area contributed by atoms with Crippen molar-refractivity contribution in [3.63, 3.8) is 0 Å². The van der Waals surface area contributed by atoms with Crippen molar-refractivity contribution >= 4 is 21.7 Å². The Kier molecular flexibility index (Phi) is 2.80. The quantitative estimate of drug-likeness (QED) is 0.757. The second kappa shape index (κ2) is 4.07. The van der Waals surface area contributed by atoms with Crippen LogP contribution >= 0.6 is 15.9 Å². The first-order valence-electron chi connectivity index (χ1n) is 4.38. The van der Waals surface area contributed by atoms with E-state index < -0.39 is 0 Å². The Morgan fingerprint density at radius 1 is 1.38 bits per heavy atom. The molecule has 1 aromatic rings. The Hall–Kier alpha value is -0.610. The van der Waals surface area contributed by atoms with Crippen molar-refractivity contribution in [1.29, 1.82) is 0 Å². The van der Waals surface area contributed by atoms with Crippen LogP contribution in [0, 0.1) is 0 Å². The Balaban J connectivity index is 2.10. The summed E-state index contributed by atoms with van der Waals surface area (Å²) in [5.74, 6) is 0.892. The zero-order valence-electron chi connectivity index (χ0n) is 7.24. The molecule has 0 aliphatic carbocycles. The van der Waals surface area contributed by atoms with Crippen LogP contribution in [-0.4, -0.2) is 18.1 Å². The third kappa shape index (κ3) is 2.19. The van der Waals surface area contributed by atoms with Crippen molar-refractivity contribution < 1.29 is 4.84 Å². The van der Waals surface area contributed by atoms with Gasteiger partial charge in [-0.25, -0.2) is 10.0 Å². The largest absolute Gasteiger partial charge is 0.272 e. The minimum atomic E-state index is 0.803. The number of hydroxylamine groups is 1. The van der Waals surface area contributed by atoms with Gasteiger partial charge >= 0.3 is 0 Å². The Bertz CT molecular complexity index is 269. The van der Waals surface area contributed by atoms with Crippen molar-refractivity contribution in [2.24, 2.45) is 0 Å². The number of halogens is 1. The molecule has 0 radical (unpaired) electrons. The summed E-state index contributed by atoms with van der Waals surface area (Å²) in [4.78, 5) is 9.72. The molecule has 0 N–H and O–H groups in total. The highest BCUT2D eigenvalue weighted by Crippen LogP contribution is 2.17. The Morgan fingerprint density at radius 2 is 2.31 bits per heavy atom. The first-order chi connectivity index (χ1) is 6.36. The third-order valence-electron chi connectivity index (χ3n) is 1.97. The summed E-state index contributed by atoms with van der Waals surface area (Å²) in [6.07, 6.45) is 4.11. The predicted octanol–water partition coefficient (Wildman–Crippen LogP) is 2.38. The molecular weight excluding hydrogens is 232 g/mol. The molecule has 1 saturated heterocycles. The number of hydrogen-bond donors (Lipinski definition) is 0. The topological polar surface area (TPSA) is 25.4 Å². The summed E-state index contributed by atoms with van der Waals surface area (Å²) in [6.45, 7) is 1.74. The zero-order valence-corrected chi connectivity index (χ0v) is 8.83. The molecule has 1 aromatic heterocycles. The van der Waals surface area contributed by atoms with E-state index in [0.717, 1.165) is 29.9 Å². The number of aromatic nitrogens is 1. The van der Waals surface area contributed by atoms with Crippen molar-refractivity contribution in [2.75, 3.05) is 18.2 Å². The molecule has 2 rings (SSSR count). The molecule has 70 valence electrons. The number of anilines is 1. The van der Waals surface area contributed by atoms with E-state index in [1.807, 2.05) is 17.2 Å². The summed E-state index contributed by atoms with van der Waals surface area (Å²) in [5, 5.41) is 1.86. The minimum Gasteiger partial charge on any atom is -0.272 e. The second-order valence-electron chi connectivity index (χ2n) is 2.98. The molecule has 1 aliphatic heterocycles. The van der Waals surface area contributed by atoms with E-state index in [1.54, 1.807) is 6.20 Å². The van der Waals surface area contributed by atoms with Gasteiger partial charge in [-0.3, -0.25) is 4.84 Å². The number of pyridine rings is 1. The fourth-order valence-corrected chi connectivity index (χ4v) is 1.53. The van der Waals surface area contributed by atoms with Crippen LogP contribution in [0.25, 0.3) is 0 Å². The first kappa shape index (κ1) is 8.97. The predicted molar refractivity (Wildman–Crippen MR) is 54.5 cm³/mol. The van der Waals surface area contributed by atoms with Crippen molar-refractivity contribution in [3.05, 3.63) is 22.8 Å². The van der Waals surface area contributed by atoms with Gasteiger partial charge < -0.3 is 0 Å². The summed E-state index contributed by atoms with van der Waals surface area (Å²) >= 11 is 3.35. The fraction of sp³-hybridized carbons (Fsp3) is 0.444. The lowest BCUT2D eigenvalue weighted by molar-refractivity contribution is 0.0761. The van der Waals surface area contributed by atoms with E-state index in [-0.39, 0.29) is 0 Å². The van der Waals surface area contributed by atoms with Gasteiger partial charge in [0, 0.05) is 17.2 Å². The van der Waals surface area contributed by atoms with E-state index >= 15 is 0 Å². The lowest BCUT2D eigenvalue weighted by Gasteiger charge is -2.26. The van der Waals surface area contributed by atoms with Gasteiger partial charge in [0.2, 0.25) is 0 Å². The minimum absolute atomic E-state index is 0.803. The molecule has 0 aromatic carbocycles. The highest BCUT2D eigenvalue weighted by molar-refractivity contribution is 9.10. The van der Waals surface area contributed by atoms with Crippen LogP contribution in [0.5, 0.6) is 0 Å². The molecular formula is C9H11BrN2O. The summed E-state index contributed by atoms with van der Waals surface area (Å²) in [6, 6.07) is 3.93. The van der Waals surface area contributed by atoms with Gasteiger partial charge in [0.05, 0.1) is 6.61 Å². The van der Waals surface area contributed by atoms with Crippen molar-refractivity contribution in [3.8, 4) is 0 Å². The summed E-state index contributed by atoms with van der Waals surface area (Å²) in [5.41, 5.74) is 0. The molecule has 2 heterocycles. The van der Waals surface area contributed by atoms with Crippen LogP contribution in [-0.2, 0) is 4.84 Å². The number of rotatable bonds is 1. The molecule has 4 heteroatoms. The molecule has 0 atom stereocenters. The monoisotopic (exact) mass is 242 g/mol. The molecule has 0 spiro atoms. The lowest BCUT2D eigenvalue weighted by atomic mass is 10.3. The molecule has 3 nitrogen and oxygen atoms in total. The van der Waals surface area contributed by atoms with Gasteiger partial charge in [-0.05, 0) is 40.9 Å². The average Bonchev–Trinajstić information content (AvgIpc) is 2.20. The molecule has 0 amide bonds. The maximum absolute atomic E-state index is 5.46. The zero-order chi connectivity index (χ0) is 9.10. The van der Waals surface area contributed by atoms with Crippen LogP contribution in [0.2, 0.25) is 0 Å². The van der Waals surface area contributed by atoms with Crippen LogP contribution in [0.4, 0.5) is 5.82 Å². The summed E-state index contributed by atoms with van der Waals surface area (Å²) < 4.78 is 0.994. The lowest BCUT2D eigenvalue weighted by Crippen LogP contribution is -2.30. The van der Waals surface area contributed by atoms with Gasteiger partial charge in [-0.1, -0.05) is 0 Å². The van der Waals surface area contributed by atoms with Gasteiger partial charge in [0.1, 0.15) is 0 Å². The fourth-order valence-electron chi connectivity index (χ4n) is 1.29. The normalized spacial score (nSPS) is 17.5. The van der Waals surface area contributed by atoms with Gasteiger partial charge in [-0.2, -0.15) is 0 Å². The van der Waals surface area contributed by atoms with E-state index in [9.17, 15) is 0 Å². The van der Waals surface area contributed by atoms with Crippen molar-refractivity contribution in [2.45, 2.75) is 12.8 Å². The number of hydrogen-bond acceptors (Lipinski definition) is 3. The first-order valence-corrected chi connectivity index (χ1v) is 5.17. The molecule has 0 bridgehead atoms. The number of nitrogens with zero attached hydrogens (tertiary/aromatic N) is 2. The third-order valence-corrected chi connectivity index (χ3v) is 2.44. The smallest absolute Gasteiger partial charge is 0.152 e. The second-order valence-corrected chi connectivity index (χ2v) is 3.89.